The van der Waals surface area contributed by atoms with Crippen LogP contribution in [0, 0.1) is 11.8 Å². The summed E-state index contributed by atoms with van der Waals surface area (Å²) in [6, 6.07) is 0. The zero-order valence-electron chi connectivity index (χ0n) is 21.4. The number of aliphatic hydroxyl groups excluding tert-OH is 3. The predicted octanol–water partition coefficient (Wildman–Crippen LogP) is 3.06. The van der Waals surface area contributed by atoms with Crippen LogP contribution in [0.1, 0.15) is 58.3 Å². The lowest BCUT2D eigenvalue weighted by Crippen LogP contribution is -2.38. The molecule has 3 saturated heterocycles. The Labute approximate surface area is 216 Å². The highest BCUT2D eigenvalue weighted by molar-refractivity contribution is 7.80. The summed E-state index contributed by atoms with van der Waals surface area (Å²) in [5.41, 5.74) is 2.25. The van der Waals surface area contributed by atoms with Gasteiger partial charge in [0.05, 0.1) is 55.4 Å². The van der Waals surface area contributed by atoms with Crippen LogP contribution in [0.25, 0.3) is 0 Å². The van der Waals surface area contributed by atoms with Crippen LogP contribution in [0.2, 0.25) is 0 Å². The molecule has 3 N–H and O–H groups in total. The molecule has 7 nitrogen and oxygen atoms in total. The Kier molecular flexibility index (Phi) is 11.6. The summed E-state index contributed by atoms with van der Waals surface area (Å²) in [7, 11) is 1.66. The van der Waals surface area contributed by atoms with Crippen LogP contribution in [0.4, 0.5) is 0 Å². The Hall–Kier alpha value is -0.450. The van der Waals surface area contributed by atoms with Gasteiger partial charge in [-0.05, 0) is 61.3 Å². The number of aliphatic hydroxyl groups is 3. The summed E-state index contributed by atoms with van der Waals surface area (Å²) in [6.07, 6.45) is 5.05. The van der Waals surface area contributed by atoms with Gasteiger partial charge >= 0.3 is 0 Å². The van der Waals surface area contributed by atoms with Gasteiger partial charge in [-0.1, -0.05) is 20.1 Å². The molecule has 0 spiro atoms. The zero-order valence-corrected chi connectivity index (χ0v) is 22.3. The highest BCUT2D eigenvalue weighted by Crippen LogP contribution is 2.40. The minimum absolute atomic E-state index is 0.0640. The van der Waals surface area contributed by atoms with Crippen LogP contribution >= 0.6 is 12.6 Å². The van der Waals surface area contributed by atoms with E-state index in [0.29, 0.717) is 24.5 Å². The molecule has 0 aromatic heterocycles. The highest BCUT2D eigenvalue weighted by atomic mass is 32.1. The van der Waals surface area contributed by atoms with Crippen molar-refractivity contribution in [2.24, 2.45) is 11.8 Å². The molecular weight excluding hydrogens is 468 g/mol. The topological polar surface area (TPSA) is 97.6 Å². The fraction of sp³-hybridized carbons (Fsp3) is 0.852. The third-order valence-electron chi connectivity index (χ3n) is 8.02. The van der Waals surface area contributed by atoms with Gasteiger partial charge < -0.3 is 34.3 Å². The summed E-state index contributed by atoms with van der Waals surface area (Å²) in [5.74, 6) is 1.02. The zero-order chi connectivity index (χ0) is 25.5. The van der Waals surface area contributed by atoms with E-state index in [0.717, 1.165) is 49.7 Å². The van der Waals surface area contributed by atoms with E-state index in [1.54, 1.807) is 7.11 Å². The molecule has 0 aromatic rings. The second kappa shape index (κ2) is 13.9. The van der Waals surface area contributed by atoms with Gasteiger partial charge in [0.1, 0.15) is 0 Å². The smallest absolute Gasteiger partial charge is 0.0894 e. The normalized spacial score (nSPS) is 38.9. The molecule has 4 unspecified atom stereocenters. The molecule has 10 atom stereocenters. The number of hydrogen-bond donors (Lipinski definition) is 4. The maximum atomic E-state index is 9.97. The molecule has 0 saturated carbocycles. The summed E-state index contributed by atoms with van der Waals surface area (Å²) in [5, 5.41) is 28.3. The molecule has 3 rings (SSSR count). The molecule has 0 aromatic carbocycles. The second-order valence-electron chi connectivity index (χ2n) is 10.6. The summed E-state index contributed by atoms with van der Waals surface area (Å²) in [6.45, 7) is 10.7. The first-order chi connectivity index (χ1) is 16.8. The first-order valence-corrected chi connectivity index (χ1v) is 13.8. The molecule has 3 fully saturated rings. The van der Waals surface area contributed by atoms with Gasteiger partial charge in [-0.3, -0.25) is 0 Å². The predicted molar refractivity (Wildman–Crippen MR) is 139 cm³/mol. The van der Waals surface area contributed by atoms with Gasteiger partial charge in [-0.15, -0.1) is 0 Å². The van der Waals surface area contributed by atoms with E-state index < -0.39 is 6.10 Å². The second-order valence-corrected chi connectivity index (χ2v) is 10.9. The lowest BCUT2D eigenvalue weighted by Gasteiger charge is -2.38. The van der Waals surface area contributed by atoms with Crippen LogP contribution in [0.15, 0.2) is 24.3 Å². The van der Waals surface area contributed by atoms with Crippen molar-refractivity contribution in [1.82, 2.24) is 0 Å². The average Bonchev–Trinajstić information content (AvgIpc) is 3.37. The Morgan fingerprint density at radius 2 is 1.80 bits per heavy atom. The SMILES string of the molecule is C=C1C(C[C@@H]2O[C@H](CC(O)CO)[C@H](OC)C2CS)O[C@@H](CC[C@@H]2OC(CCCO)CC2=C)C[C@H]1C. The molecular formula is C27H46O7S. The van der Waals surface area contributed by atoms with Gasteiger partial charge in [0, 0.05) is 32.5 Å². The number of hydrogen-bond acceptors (Lipinski definition) is 8. The van der Waals surface area contributed by atoms with E-state index in [1.807, 2.05) is 0 Å². The van der Waals surface area contributed by atoms with Crippen molar-refractivity contribution in [3.8, 4) is 0 Å². The van der Waals surface area contributed by atoms with Crippen LogP contribution in [-0.4, -0.2) is 90.2 Å². The standard InChI is InChI=1S/C27H46O7S/c1-16-10-21(7-8-23-17(2)11-20(32-23)6-5-9-28)33-24(18(16)3)13-25-22(15-35)27(31-4)26(34-25)12-19(30)14-29/h16,19-30,35H,2-3,5-15H2,1,4H3/t16-,19?,20?,21+,22?,23+,24?,25+,26-,27-/m1/s1. The van der Waals surface area contributed by atoms with Crippen LogP contribution < -0.4 is 0 Å². The summed E-state index contributed by atoms with van der Waals surface area (Å²) < 4.78 is 24.8. The first kappa shape index (κ1) is 29.1. The maximum Gasteiger partial charge on any atom is 0.0894 e. The van der Waals surface area contributed by atoms with E-state index in [1.165, 1.54) is 0 Å². The maximum absolute atomic E-state index is 9.97. The van der Waals surface area contributed by atoms with E-state index in [2.05, 4.69) is 32.7 Å². The molecule has 0 bridgehead atoms. The molecule has 202 valence electrons. The lowest BCUT2D eigenvalue weighted by atomic mass is 9.83. The lowest BCUT2D eigenvalue weighted by molar-refractivity contribution is -0.0790. The van der Waals surface area contributed by atoms with Gasteiger partial charge in [0.2, 0.25) is 0 Å². The van der Waals surface area contributed by atoms with Gasteiger partial charge in [0.25, 0.3) is 0 Å². The van der Waals surface area contributed by atoms with Crippen LogP contribution in [0.5, 0.6) is 0 Å². The van der Waals surface area contributed by atoms with Gasteiger partial charge in [0.15, 0.2) is 0 Å². The third-order valence-corrected chi connectivity index (χ3v) is 8.44. The number of methoxy groups -OCH3 is 1. The Morgan fingerprint density at radius 3 is 2.46 bits per heavy atom. The number of thiol groups is 1. The number of rotatable bonds is 13. The quantitative estimate of drug-likeness (QED) is 0.222. The van der Waals surface area contributed by atoms with Crippen molar-refractivity contribution in [3.63, 3.8) is 0 Å². The van der Waals surface area contributed by atoms with Crippen LogP contribution in [-0.2, 0) is 18.9 Å². The fourth-order valence-corrected chi connectivity index (χ4v) is 6.38. The molecule has 8 heteroatoms. The number of ether oxygens (including phenoxy) is 4. The molecule has 0 aliphatic carbocycles. The van der Waals surface area contributed by atoms with Crippen molar-refractivity contribution >= 4 is 12.6 Å². The van der Waals surface area contributed by atoms with Crippen molar-refractivity contribution in [3.05, 3.63) is 24.3 Å². The summed E-state index contributed by atoms with van der Waals surface area (Å²) >= 11 is 4.57. The molecule has 0 radical (unpaired) electrons. The molecule has 35 heavy (non-hydrogen) atoms. The molecule has 3 aliphatic heterocycles. The van der Waals surface area contributed by atoms with E-state index >= 15 is 0 Å². The Balaban J connectivity index is 1.57. The minimum atomic E-state index is -0.835. The van der Waals surface area contributed by atoms with Gasteiger partial charge in [-0.25, -0.2) is 0 Å². The first-order valence-electron chi connectivity index (χ1n) is 13.2. The Morgan fingerprint density at radius 1 is 1.06 bits per heavy atom. The molecule has 3 aliphatic rings. The monoisotopic (exact) mass is 514 g/mol. The van der Waals surface area contributed by atoms with Crippen molar-refractivity contribution in [1.29, 1.82) is 0 Å². The Bertz CT molecular complexity index is 688. The van der Waals surface area contributed by atoms with Crippen LogP contribution in [0.3, 0.4) is 0 Å². The van der Waals surface area contributed by atoms with Crippen molar-refractivity contribution < 1.29 is 34.3 Å². The largest absolute Gasteiger partial charge is 0.396 e. The minimum Gasteiger partial charge on any atom is -0.396 e. The van der Waals surface area contributed by atoms with Crippen molar-refractivity contribution in [2.45, 2.75) is 107 Å². The molecule has 0 amide bonds. The van der Waals surface area contributed by atoms with E-state index in [4.69, 9.17) is 24.1 Å². The molecule has 3 heterocycles. The third kappa shape index (κ3) is 7.54. The van der Waals surface area contributed by atoms with Gasteiger partial charge in [-0.2, -0.15) is 12.6 Å². The fourth-order valence-electron chi connectivity index (χ4n) is 5.94. The van der Waals surface area contributed by atoms with E-state index in [9.17, 15) is 10.2 Å². The average molecular weight is 515 g/mol. The highest BCUT2D eigenvalue weighted by Gasteiger charge is 2.46. The summed E-state index contributed by atoms with van der Waals surface area (Å²) in [4.78, 5) is 0. The van der Waals surface area contributed by atoms with Crippen molar-refractivity contribution in [2.75, 3.05) is 26.1 Å². The van der Waals surface area contributed by atoms with E-state index in [-0.39, 0.29) is 61.9 Å².